The van der Waals surface area contributed by atoms with Gasteiger partial charge in [0.2, 0.25) is 0 Å². The van der Waals surface area contributed by atoms with Crippen LogP contribution < -0.4 is 5.32 Å². The quantitative estimate of drug-likeness (QED) is 0.569. The predicted molar refractivity (Wildman–Crippen MR) is 105 cm³/mol. The minimum Gasteiger partial charge on any atom is -0.433 e. The number of likely N-dealkylation sites (N-methyl/N-ethyl adjacent to an activating group) is 1. The summed E-state index contributed by atoms with van der Waals surface area (Å²) in [5.74, 6) is -0.527. The van der Waals surface area contributed by atoms with E-state index in [9.17, 15) is 14.4 Å². The van der Waals surface area contributed by atoms with Crippen molar-refractivity contribution in [3.05, 3.63) is 71.8 Å². The van der Waals surface area contributed by atoms with Gasteiger partial charge in [-0.1, -0.05) is 60.7 Å². The van der Waals surface area contributed by atoms with Gasteiger partial charge in [-0.15, -0.1) is 0 Å². The normalized spacial score (nSPS) is 15.3. The number of rotatable bonds is 7. The molecule has 0 spiro atoms. The zero-order valence-corrected chi connectivity index (χ0v) is 16.3. The third kappa shape index (κ3) is 4.22. The van der Waals surface area contributed by atoms with E-state index in [0.717, 1.165) is 4.90 Å². The van der Waals surface area contributed by atoms with Gasteiger partial charge in [-0.05, 0) is 25.2 Å². The zero-order chi connectivity index (χ0) is 20.9. The van der Waals surface area contributed by atoms with Crippen molar-refractivity contribution in [2.45, 2.75) is 5.54 Å². The number of benzene rings is 2. The van der Waals surface area contributed by atoms with Crippen molar-refractivity contribution in [1.82, 2.24) is 15.1 Å². The molecule has 1 aliphatic heterocycles. The SMILES string of the molecule is CN(C)CCOC(=O)OCN1C(=O)NC(c2ccccc2)(c2ccccc2)C1=O. The van der Waals surface area contributed by atoms with E-state index in [4.69, 9.17) is 9.47 Å². The second kappa shape index (κ2) is 8.74. The molecule has 0 radical (unpaired) electrons. The predicted octanol–water partition coefficient (Wildman–Crippen LogP) is 2.15. The van der Waals surface area contributed by atoms with E-state index in [1.54, 1.807) is 48.5 Å². The molecule has 3 rings (SSSR count). The lowest BCUT2D eigenvalue weighted by atomic mass is 9.83. The second-order valence-electron chi connectivity index (χ2n) is 6.82. The first-order valence-corrected chi connectivity index (χ1v) is 9.14. The van der Waals surface area contributed by atoms with E-state index in [1.807, 2.05) is 31.1 Å². The maximum Gasteiger partial charge on any atom is 0.510 e. The molecule has 1 fully saturated rings. The van der Waals surface area contributed by atoms with Gasteiger partial charge in [0.15, 0.2) is 12.3 Å². The molecule has 152 valence electrons. The largest absolute Gasteiger partial charge is 0.510 e. The Balaban J connectivity index is 1.80. The average molecular weight is 397 g/mol. The van der Waals surface area contributed by atoms with Crippen molar-refractivity contribution >= 4 is 18.1 Å². The van der Waals surface area contributed by atoms with Gasteiger partial charge < -0.3 is 19.7 Å². The summed E-state index contributed by atoms with van der Waals surface area (Å²) in [4.78, 5) is 40.5. The van der Waals surface area contributed by atoms with Crippen molar-refractivity contribution in [2.24, 2.45) is 0 Å². The molecule has 0 aromatic heterocycles. The Morgan fingerprint density at radius 1 is 0.966 bits per heavy atom. The number of hydrogen-bond acceptors (Lipinski definition) is 6. The standard InChI is InChI=1S/C21H23N3O5/c1-23(2)13-14-28-20(27)29-15-24-18(25)21(22-19(24)26,16-9-5-3-6-10-16)17-11-7-4-8-12-17/h3-12H,13-15H2,1-2H3,(H,22,26). The third-order valence-corrected chi connectivity index (χ3v) is 4.59. The number of carbonyl (C=O) groups is 3. The topological polar surface area (TPSA) is 88.2 Å². The molecule has 8 heteroatoms. The number of nitrogens with zero attached hydrogens (tertiary/aromatic N) is 2. The van der Waals surface area contributed by atoms with Crippen LogP contribution in [0.5, 0.6) is 0 Å². The fourth-order valence-corrected chi connectivity index (χ4v) is 3.10. The summed E-state index contributed by atoms with van der Waals surface area (Å²) < 4.78 is 9.91. The van der Waals surface area contributed by atoms with Crippen LogP contribution in [0.4, 0.5) is 9.59 Å². The fraction of sp³-hybridized carbons (Fsp3) is 0.286. The van der Waals surface area contributed by atoms with Crippen molar-refractivity contribution in [1.29, 1.82) is 0 Å². The average Bonchev–Trinajstić information content (AvgIpc) is 2.98. The van der Waals surface area contributed by atoms with Crippen LogP contribution >= 0.6 is 0 Å². The Morgan fingerprint density at radius 3 is 2.03 bits per heavy atom. The summed E-state index contributed by atoms with van der Waals surface area (Å²) in [6.45, 7) is 0.139. The van der Waals surface area contributed by atoms with E-state index in [1.165, 1.54) is 0 Å². The Bertz CT molecular complexity index is 831. The van der Waals surface area contributed by atoms with Gasteiger partial charge >= 0.3 is 12.2 Å². The molecule has 0 unspecified atom stereocenters. The molecule has 8 nitrogen and oxygen atoms in total. The minimum atomic E-state index is -1.39. The highest BCUT2D eigenvalue weighted by atomic mass is 16.7. The Hall–Kier alpha value is -3.39. The van der Waals surface area contributed by atoms with Crippen LogP contribution in [-0.4, -0.2) is 61.9 Å². The molecule has 0 aliphatic carbocycles. The van der Waals surface area contributed by atoms with Crippen molar-refractivity contribution in [3.8, 4) is 0 Å². The molecule has 0 saturated carbocycles. The molecule has 1 aliphatic rings. The zero-order valence-electron chi connectivity index (χ0n) is 16.3. The summed E-state index contributed by atoms with van der Waals surface area (Å²) >= 11 is 0. The van der Waals surface area contributed by atoms with Crippen molar-refractivity contribution in [3.63, 3.8) is 0 Å². The number of urea groups is 1. The lowest BCUT2D eigenvalue weighted by Crippen LogP contribution is -2.45. The summed E-state index contributed by atoms with van der Waals surface area (Å²) in [6, 6.07) is 17.3. The van der Waals surface area contributed by atoms with Crippen LogP contribution in [0.3, 0.4) is 0 Å². The van der Waals surface area contributed by atoms with Crippen molar-refractivity contribution in [2.75, 3.05) is 34.0 Å². The highest BCUT2D eigenvalue weighted by Gasteiger charge is 2.54. The first kappa shape index (κ1) is 20.3. The molecule has 0 bridgehead atoms. The number of ether oxygens (including phenoxy) is 2. The van der Waals surface area contributed by atoms with Crippen molar-refractivity contribution < 1.29 is 23.9 Å². The number of nitrogens with one attached hydrogen (secondary N) is 1. The second-order valence-corrected chi connectivity index (χ2v) is 6.82. The maximum absolute atomic E-state index is 13.4. The summed E-state index contributed by atoms with van der Waals surface area (Å²) in [6.07, 6.45) is -0.940. The monoisotopic (exact) mass is 397 g/mol. The number of carbonyl (C=O) groups excluding carboxylic acids is 3. The molecular weight excluding hydrogens is 374 g/mol. The van der Waals surface area contributed by atoms with Gasteiger partial charge in [-0.3, -0.25) is 4.79 Å². The Kier molecular flexibility index (Phi) is 6.13. The maximum atomic E-state index is 13.4. The lowest BCUT2D eigenvalue weighted by molar-refractivity contribution is -0.133. The first-order valence-electron chi connectivity index (χ1n) is 9.14. The highest BCUT2D eigenvalue weighted by molar-refractivity contribution is 6.09. The summed E-state index contributed by atoms with van der Waals surface area (Å²) in [5.41, 5.74) is -0.168. The number of imide groups is 1. The first-order chi connectivity index (χ1) is 13.9. The Morgan fingerprint density at radius 2 is 1.52 bits per heavy atom. The number of hydrogen-bond donors (Lipinski definition) is 1. The van der Waals surface area contributed by atoms with Crippen LogP contribution in [0.1, 0.15) is 11.1 Å². The number of amides is 3. The summed E-state index contributed by atoms with van der Waals surface area (Å²) in [5, 5.41) is 2.78. The molecule has 29 heavy (non-hydrogen) atoms. The van der Waals surface area contributed by atoms with Crippen LogP contribution in [0.2, 0.25) is 0 Å². The van der Waals surface area contributed by atoms with E-state index in [-0.39, 0.29) is 6.61 Å². The third-order valence-electron chi connectivity index (χ3n) is 4.59. The van der Waals surface area contributed by atoms with Crippen LogP contribution in [0, 0.1) is 0 Å². The van der Waals surface area contributed by atoms with Crippen LogP contribution in [-0.2, 0) is 19.8 Å². The van der Waals surface area contributed by atoms with Gasteiger partial charge in [0.1, 0.15) is 6.61 Å². The molecule has 1 saturated heterocycles. The fourth-order valence-electron chi connectivity index (χ4n) is 3.10. The van der Waals surface area contributed by atoms with Gasteiger partial charge in [-0.2, -0.15) is 0 Å². The van der Waals surface area contributed by atoms with E-state index in [0.29, 0.717) is 17.7 Å². The van der Waals surface area contributed by atoms with E-state index < -0.39 is 30.4 Å². The van der Waals surface area contributed by atoms with Gasteiger partial charge in [0.05, 0.1) is 0 Å². The molecule has 1 heterocycles. The van der Waals surface area contributed by atoms with Gasteiger partial charge in [0, 0.05) is 6.54 Å². The lowest BCUT2D eigenvalue weighted by Gasteiger charge is -2.27. The van der Waals surface area contributed by atoms with E-state index >= 15 is 0 Å². The van der Waals surface area contributed by atoms with E-state index in [2.05, 4.69) is 5.32 Å². The molecule has 0 atom stereocenters. The molecule has 2 aromatic rings. The van der Waals surface area contributed by atoms with Gasteiger partial charge in [-0.25, -0.2) is 14.5 Å². The molecule has 2 aromatic carbocycles. The smallest absolute Gasteiger partial charge is 0.433 e. The summed E-state index contributed by atoms with van der Waals surface area (Å²) in [7, 11) is 3.68. The molecule has 3 amide bonds. The molecular formula is C21H23N3O5. The highest BCUT2D eigenvalue weighted by Crippen LogP contribution is 2.35. The van der Waals surface area contributed by atoms with Crippen LogP contribution in [0.25, 0.3) is 0 Å². The van der Waals surface area contributed by atoms with Gasteiger partial charge in [0.25, 0.3) is 5.91 Å². The van der Waals surface area contributed by atoms with Crippen LogP contribution in [0.15, 0.2) is 60.7 Å². The molecule has 1 N–H and O–H groups in total. The Labute approximate surface area is 169 Å². The minimum absolute atomic E-state index is 0.143.